The molecule has 2 saturated heterocycles. The smallest absolute Gasteiger partial charge is 0.324 e. The van der Waals surface area contributed by atoms with Crippen LogP contribution in [0.4, 0.5) is 10.4 Å². The van der Waals surface area contributed by atoms with E-state index in [4.69, 9.17) is 9.26 Å². The summed E-state index contributed by atoms with van der Waals surface area (Å²) in [5.41, 5.74) is 0.360. The van der Waals surface area contributed by atoms with Crippen LogP contribution in [0.3, 0.4) is 0 Å². The predicted octanol–water partition coefficient (Wildman–Crippen LogP) is 3.40. The monoisotopic (exact) mass is 486 g/mol. The van der Waals surface area contributed by atoms with Crippen molar-refractivity contribution >= 4 is 11.9 Å². The van der Waals surface area contributed by atoms with E-state index in [0.717, 1.165) is 50.0 Å². The minimum absolute atomic E-state index is 0.00674. The van der Waals surface area contributed by atoms with Gasteiger partial charge >= 0.3 is 6.01 Å². The van der Waals surface area contributed by atoms with E-state index in [-0.39, 0.29) is 18.2 Å². The van der Waals surface area contributed by atoms with E-state index < -0.39 is 11.9 Å². The van der Waals surface area contributed by atoms with Crippen molar-refractivity contribution in [1.82, 2.24) is 15.0 Å². The lowest BCUT2D eigenvalue weighted by Gasteiger charge is -2.35. The fourth-order valence-electron chi connectivity index (χ4n) is 5.31. The molecule has 8 nitrogen and oxygen atoms in total. The molecule has 2 aliphatic heterocycles. The van der Waals surface area contributed by atoms with Crippen LogP contribution in [-0.2, 0) is 11.2 Å². The molecular weight excluding hydrogens is 451 g/mol. The summed E-state index contributed by atoms with van der Waals surface area (Å²) in [5, 5.41) is 13.4. The molecule has 3 heterocycles. The first-order chi connectivity index (χ1) is 16.9. The van der Waals surface area contributed by atoms with Crippen LogP contribution in [0.15, 0.2) is 22.7 Å². The van der Waals surface area contributed by atoms with Crippen molar-refractivity contribution in [2.24, 2.45) is 17.8 Å². The minimum Gasteiger partial charge on any atom is -0.493 e. The number of aromatic nitrogens is 2. The Kier molecular flexibility index (Phi) is 6.95. The third-order valence-corrected chi connectivity index (χ3v) is 7.68. The van der Waals surface area contributed by atoms with Gasteiger partial charge in [0, 0.05) is 38.2 Å². The summed E-state index contributed by atoms with van der Waals surface area (Å²) < 4.78 is 25.7. The van der Waals surface area contributed by atoms with E-state index in [1.807, 2.05) is 0 Å². The number of β-amino-alcohol motifs (C(OH)–C–C–N with tert-alkyl or cyclic N) is 1. The lowest BCUT2D eigenvalue weighted by atomic mass is 9.90. The molecule has 3 fully saturated rings. The highest BCUT2D eigenvalue weighted by atomic mass is 19.1. The van der Waals surface area contributed by atoms with E-state index in [1.54, 1.807) is 12.1 Å². The van der Waals surface area contributed by atoms with E-state index in [2.05, 4.69) is 28.9 Å². The zero-order valence-electron chi connectivity index (χ0n) is 20.5. The molecule has 0 bridgehead atoms. The number of rotatable bonds is 9. The van der Waals surface area contributed by atoms with Crippen LogP contribution in [0.5, 0.6) is 5.75 Å². The average Bonchev–Trinajstić information content (AvgIpc) is 3.41. The number of amides is 1. The first-order valence-corrected chi connectivity index (χ1v) is 12.8. The molecule has 1 amide bonds. The number of hydrogen-bond donors (Lipinski definition) is 1. The maximum absolute atomic E-state index is 14.5. The fourth-order valence-corrected chi connectivity index (χ4v) is 5.31. The highest BCUT2D eigenvalue weighted by Gasteiger charge is 2.43. The topological polar surface area (TPSA) is 91.9 Å². The summed E-state index contributed by atoms with van der Waals surface area (Å²) in [4.78, 5) is 20.4. The second-order valence-electron chi connectivity index (χ2n) is 10.6. The number of benzene rings is 1. The van der Waals surface area contributed by atoms with Crippen LogP contribution in [0, 0.1) is 23.6 Å². The molecule has 2 aromatic rings. The summed E-state index contributed by atoms with van der Waals surface area (Å²) in [6.07, 6.45) is 4.06. The number of halogens is 1. The van der Waals surface area contributed by atoms with Crippen molar-refractivity contribution in [1.29, 1.82) is 0 Å². The first-order valence-electron chi connectivity index (χ1n) is 12.8. The molecule has 2 unspecified atom stereocenters. The number of hydrogen-bond acceptors (Lipinski definition) is 7. The van der Waals surface area contributed by atoms with E-state index in [9.17, 15) is 14.3 Å². The maximum Gasteiger partial charge on any atom is 0.324 e. The van der Waals surface area contributed by atoms with Crippen LogP contribution in [0.2, 0.25) is 0 Å². The Bertz CT molecular complexity index is 1030. The number of ether oxygens (including phenoxy) is 1. The van der Waals surface area contributed by atoms with Crippen LogP contribution in [0.25, 0.3) is 0 Å². The van der Waals surface area contributed by atoms with Crippen molar-refractivity contribution in [3.63, 3.8) is 0 Å². The number of carbonyl (C=O) groups excluding carboxylic acids is 1. The predicted molar refractivity (Wildman–Crippen MR) is 128 cm³/mol. The quantitative estimate of drug-likeness (QED) is 0.581. The van der Waals surface area contributed by atoms with Gasteiger partial charge in [-0.2, -0.15) is 4.98 Å². The molecule has 2 atom stereocenters. The van der Waals surface area contributed by atoms with Gasteiger partial charge in [0.25, 0.3) is 0 Å². The highest BCUT2D eigenvalue weighted by Crippen LogP contribution is 2.50. The number of aliphatic hydroxyl groups excluding tert-OH is 1. The molecule has 1 saturated carbocycles. The Balaban J connectivity index is 1.01. The first kappa shape index (κ1) is 24.0. The lowest BCUT2D eigenvalue weighted by molar-refractivity contribution is -0.140. The van der Waals surface area contributed by atoms with Gasteiger partial charge in [0.15, 0.2) is 5.82 Å². The van der Waals surface area contributed by atoms with Gasteiger partial charge in [0.2, 0.25) is 5.91 Å². The minimum atomic E-state index is -0.451. The summed E-state index contributed by atoms with van der Waals surface area (Å²) in [7, 11) is 0. The van der Waals surface area contributed by atoms with Gasteiger partial charge in [0.1, 0.15) is 11.6 Å². The molecule has 0 radical (unpaired) electrons. The standard InChI is InChI=1S/C26H35FN4O4/c1-16(2)25-28-26(35-29-25)30-8-5-17(6-9-30)22-11-18(22)7-10-34-21-4-3-19(23(27)13-21)12-24(33)31-14-20(32)15-31/h3-4,13,16-18,20,22,32H,5-12,14-15H2,1-2H3. The number of piperidine rings is 1. The summed E-state index contributed by atoms with van der Waals surface area (Å²) >= 11 is 0. The lowest BCUT2D eigenvalue weighted by Crippen LogP contribution is -2.54. The maximum atomic E-state index is 14.5. The van der Waals surface area contributed by atoms with Gasteiger partial charge in [-0.1, -0.05) is 25.1 Å². The van der Waals surface area contributed by atoms with Gasteiger partial charge in [-0.15, -0.1) is 0 Å². The van der Waals surface area contributed by atoms with Crippen LogP contribution in [-0.4, -0.2) is 64.9 Å². The van der Waals surface area contributed by atoms with Crippen molar-refractivity contribution < 1.29 is 23.6 Å². The zero-order valence-corrected chi connectivity index (χ0v) is 20.5. The molecule has 9 heteroatoms. The number of anilines is 1. The third kappa shape index (κ3) is 5.60. The summed E-state index contributed by atoms with van der Waals surface area (Å²) in [6.45, 7) is 7.28. The van der Waals surface area contributed by atoms with Gasteiger partial charge < -0.3 is 24.2 Å². The van der Waals surface area contributed by atoms with Crippen LogP contribution >= 0.6 is 0 Å². The number of nitrogens with zero attached hydrogens (tertiary/aromatic N) is 4. The fraction of sp³-hybridized carbons (Fsp3) is 0.654. The Hall–Kier alpha value is -2.68. The Morgan fingerprint density at radius 1 is 1.29 bits per heavy atom. The summed E-state index contributed by atoms with van der Waals surface area (Å²) in [5.74, 6) is 3.11. The molecule has 1 aromatic carbocycles. The molecule has 1 N–H and O–H groups in total. The largest absolute Gasteiger partial charge is 0.493 e. The molecular formula is C26H35FN4O4. The summed E-state index contributed by atoms with van der Waals surface area (Å²) in [6, 6.07) is 5.38. The normalized spacial score (nSPS) is 23.0. The molecule has 5 rings (SSSR count). The van der Waals surface area contributed by atoms with Crippen molar-refractivity contribution in [2.75, 3.05) is 37.7 Å². The molecule has 3 aliphatic rings. The Labute approximate surface area is 205 Å². The Morgan fingerprint density at radius 3 is 2.71 bits per heavy atom. The van der Waals surface area contributed by atoms with Crippen LogP contribution in [0.1, 0.15) is 56.8 Å². The number of aliphatic hydroxyl groups is 1. The molecule has 190 valence electrons. The molecule has 0 spiro atoms. The SMILES string of the molecule is CC(C)c1noc(N2CCC(C3CC3CCOc3ccc(CC(=O)N4CC(O)C4)c(F)c3)CC2)n1. The van der Waals surface area contributed by atoms with Crippen molar-refractivity contribution in [2.45, 2.75) is 58.0 Å². The van der Waals surface area contributed by atoms with Gasteiger partial charge in [-0.05, 0) is 55.1 Å². The molecule has 1 aliphatic carbocycles. The van der Waals surface area contributed by atoms with Gasteiger partial charge in [-0.3, -0.25) is 4.79 Å². The van der Waals surface area contributed by atoms with E-state index in [0.29, 0.717) is 42.9 Å². The van der Waals surface area contributed by atoms with Crippen LogP contribution < -0.4 is 9.64 Å². The van der Waals surface area contributed by atoms with Gasteiger partial charge in [0.05, 0.1) is 19.1 Å². The highest BCUT2D eigenvalue weighted by molar-refractivity contribution is 5.79. The Morgan fingerprint density at radius 2 is 2.06 bits per heavy atom. The number of carbonyl (C=O) groups is 1. The molecule has 1 aromatic heterocycles. The second-order valence-corrected chi connectivity index (χ2v) is 10.6. The van der Waals surface area contributed by atoms with Crippen molar-refractivity contribution in [3.05, 3.63) is 35.4 Å². The average molecular weight is 487 g/mol. The third-order valence-electron chi connectivity index (χ3n) is 7.68. The van der Waals surface area contributed by atoms with E-state index in [1.165, 1.54) is 17.4 Å². The van der Waals surface area contributed by atoms with Gasteiger partial charge in [-0.25, -0.2) is 4.39 Å². The second kappa shape index (κ2) is 10.1. The number of likely N-dealkylation sites (tertiary alicyclic amines) is 1. The van der Waals surface area contributed by atoms with Crippen molar-refractivity contribution in [3.8, 4) is 5.75 Å². The van der Waals surface area contributed by atoms with E-state index >= 15 is 0 Å². The molecule has 35 heavy (non-hydrogen) atoms. The zero-order chi connectivity index (χ0) is 24.5.